The zero-order valence-corrected chi connectivity index (χ0v) is 9.03. The second-order valence-electron chi connectivity index (χ2n) is 3.86. The summed E-state index contributed by atoms with van der Waals surface area (Å²) in [4.78, 5) is 11.7. The zero-order valence-electron chi connectivity index (χ0n) is 9.03. The van der Waals surface area contributed by atoms with E-state index in [1.807, 2.05) is 13.0 Å². The van der Waals surface area contributed by atoms with E-state index in [0.29, 0.717) is 12.1 Å². The van der Waals surface area contributed by atoms with E-state index in [-0.39, 0.29) is 11.9 Å². The van der Waals surface area contributed by atoms with Crippen molar-refractivity contribution in [3.8, 4) is 0 Å². The lowest BCUT2D eigenvalue weighted by Crippen LogP contribution is -2.35. The lowest BCUT2D eigenvalue weighted by molar-refractivity contribution is 0.0952. The second-order valence-corrected chi connectivity index (χ2v) is 3.86. The molecule has 2 aromatic rings. The number of amides is 1. The molecule has 84 valence electrons. The number of aromatic nitrogens is 2. The lowest BCUT2D eigenvalue weighted by Gasteiger charge is -2.07. The van der Waals surface area contributed by atoms with Gasteiger partial charge in [0, 0.05) is 23.5 Å². The molecule has 0 aliphatic carbocycles. The molecule has 0 saturated heterocycles. The van der Waals surface area contributed by atoms with Crippen LogP contribution in [0.2, 0.25) is 0 Å². The quantitative estimate of drug-likeness (QED) is 0.706. The molecule has 1 aromatic carbocycles. The third-order valence-electron chi connectivity index (χ3n) is 2.29. The largest absolute Gasteiger partial charge is 0.350 e. The number of benzene rings is 1. The van der Waals surface area contributed by atoms with E-state index in [1.54, 1.807) is 18.3 Å². The van der Waals surface area contributed by atoms with E-state index in [0.717, 1.165) is 10.9 Å². The molecule has 0 spiro atoms. The Morgan fingerprint density at radius 1 is 1.62 bits per heavy atom. The van der Waals surface area contributed by atoms with E-state index in [1.165, 1.54) is 0 Å². The maximum atomic E-state index is 11.7. The van der Waals surface area contributed by atoms with Crippen molar-refractivity contribution in [2.75, 3.05) is 6.54 Å². The van der Waals surface area contributed by atoms with Gasteiger partial charge in [-0.3, -0.25) is 9.89 Å². The lowest BCUT2D eigenvalue weighted by atomic mass is 10.1. The molecule has 16 heavy (non-hydrogen) atoms. The second kappa shape index (κ2) is 4.32. The van der Waals surface area contributed by atoms with E-state index in [9.17, 15) is 4.79 Å². The minimum Gasteiger partial charge on any atom is -0.350 e. The Morgan fingerprint density at radius 3 is 3.19 bits per heavy atom. The predicted octanol–water partition coefficient (Wildman–Crippen LogP) is 0.640. The number of nitrogens with two attached hydrogens (primary N) is 1. The Morgan fingerprint density at radius 2 is 2.44 bits per heavy atom. The number of hydrogen-bond donors (Lipinski definition) is 3. The van der Waals surface area contributed by atoms with Crippen molar-refractivity contribution in [1.29, 1.82) is 0 Å². The number of aromatic amines is 1. The predicted molar refractivity (Wildman–Crippen MR) is 62.1 cm³/mol. The molecule has 0 saturated carbocycles. The maximum Gasteiger partial charge on any atom is 0.251 e. The van der Waals surface area contributed by atoms with Crippen molar-refractivity contribution >= 4 is 16.8 Å². The van der Waals surface area contributed by atoms with Gasteiger partial charge in [0.25, 0.3) is 5.91 Å². The van der Waals surface area contributed by atoms with Gasteiger partial charge in [-0.2, -0.15) is 5.10 Å². The molecule has 1 unspecified atom stereocenters. The maximum absolute atomic E-state index is 11.7. The molecule has 5 nitrogen and oxygen atoms in total. The number of nitrogens with one attached hydrogen (secondary N) is 2. The SMILES string of the molecule is CC(N)CNC(=O)c1ccc2cn[nH]c2c1. The summed E-state index contributed by atoms with van der Waals surface area (Å²) >= 11 is 0. The first-order chi connectivity index (χ1) is 7.66. The van der Waals surface area contributed by atoms with E-state index >= 15 is 0 Å². The first kappa shape index (κ1) is 10.6. The Kier molecular flexibility index (Phi) is 2.87. The van der Waals surface area contributed by atoms with Gasteiger partial charge in [0.2, 0.25) is 0 Å². The van der Waals surface area contributed by atoms with Gasteiger partial charge in [-0.15, -0.1) is 0 Å². The fourth-order valence-electron chi connectivity index (χ4n) is 1.43. The third-order valence-corrected chi connectivity index (χ3v) is 2.29. The Balaban J connectivity index is 2.16. The van der Waals surface area contributed by atoms with Crippen molar-refractivity contribution in [2.24, 2.45) is 5.73 Å². The molecule has 1 heterocycles. The van der Waals surface area contributed by atoms with Gasteiger partial charge in [0.15, 0.2) is 0 Å². The van der Waals surface area contributed by atoms with Crippen molar-refractivity contribution < 1.29 is 4.79 Å². The Hall–Kier alpha value is -1.88. The molecular formula is C11H14N4O. The Labute approximate surface area is 93.0 Å². The van der Waals surface area contributed by atoms with Gasteiger partial charge in [0.1, 0.15) is 0 Å². The fraction of sp³-hybridized carbons (Fsp3) is 0.273. The molecule has 1 amide bonds. The van der Waals surface area contributed by atoms with Crippen LogP contribution < -0.4 is 11.1 Å². The highest BCUT2D eigenvalue weighted by atomic mass is 16.1. The molecule has 1 atom stereocenters. The number of nitrogens with zero attached hydrogens (tertiary/aromatic N) is 1. The van der Waals surface area contributed by atoms with Crippen LogP contribution in [0.5, 0.6) is 0 Å². The molecule has 2 rings (SSSR count). The van der Waals surface area contributed by atoms with Crippen molar-refractivity contribution in [3.05, 3.63) is 30.0 Å². The highest BCUT2D eigenvalue weighted by molar-refractivity contribution is 5.97. The van der Waals surface area contributed by atoms with Crippen LogP contribution in [0.25, 0.3) is 10.9 Å². The molecule has 4 N–H and O–H groups in total. The standard InChI is InChI=1S/C11H14N4O/c1-7(12)5-13-11(16)8-2-3-9-6-14-15-10(9)4-8/h2-4,6-7H,5,12H2,1H3,(H,13,16)(H,14,15). The molecule has 0 radical (unpaired) electrons. The molecular weight excluding hydrogens is 204 g/mol. The number of rotatable bonds is 3. The smallest absolute Gasteiger partial charge is 0.251 e. The molecule has 0 aliphatic heterocycles. The molecule has 0 fully saturated rings. The molecule has 1 aromatic heterocycles. The topological polar surface area (TPSA) is 83.8 Å². The van der Waals surface area contributed by atoms with Crippen LogP contribution >= 0.6 is 0 Å². The van der Waals surface area contributed by atoms with Crippen LogP contribution in [-0.4, -0.2) is 28.7 Å². The van der Waals surface area contributed by atoms with Crippen LogP contribution in [0.4, 0.5) is 0 Å². The van der Waals surface area contributed by atoms with E-state index < -0.39 is 0 Å². The Bertz CT molecular complexity index is 503. The fourth-order valence-corrected chi connectivity index (χ4v) is 1.43. The minimum atomic E-state index is -0.117. The zero-order chi connectivity index (χ0) is 11.5. The van der Waals surface area contributed by atoms with Crippen LogP contribution in [0.15, 0.2) is 24.4 Å². The van der Waals surface area contributed by atoms with E-state index in [2.05, 4.69) is 15.5 Å². The van der Waals surface area contributed by atoms with Gasteiger partial charge < -0.3 is 11.1 Å². The summed E-state index contributed by atoms with van der Waals surface area (Å²) in [7, 11) is 0. The van der Waals surface area contributed by atoms with Crippen LogP contribution in [0, 0.1) is 0 Å². The summed E-state index contributed by atoms with van der Waals surface area (Å²) in [6.07, 6.45) is 1.72. The van der Waals surface area contributed by atoms with Crippen LogP contribution in [0.1, 0.15) is 17.3 Å². The first-order valence-corrected chi connectivity index (χ1v) is 5.14. The average Bonchev–Trinajstić information content (AvgIpc) is 2.72. The number of hydrogen-bond acceptors (Lipinski definition) is 3. The summed E-state index contributed by atoms with van der Waals surface area (Å²) in [5, 5.41) is 10.5. The van der Waals surface area contributed by atoms with Crippen molar-refractivity contribution in [3.63, 3.8) is 0 Å². The van der Waals surface area contributed by atoms with E-state index in [4.69, 9.17) is 5.73 Å². The van der Waals surface area contributed by atoms with Crippen molar-refractivity contribution in [2.45, 2.75) is 13.0 Å². The van der Waals surface area contributed by atoms with Crippen LogP contribution in [0.3, 0.4) is 0 Å². The van der Waals surface area contributed by atoms with Gasteiger partial charge in [-0.25, -0.2) is 0 Å². The first-order valence-electron chi connectivity index (χ1n) is 5.14. The summed E-state index contributed by atoms with van der Waals surface area (Å²) in [6.45, 7) is 2.32. The van der Waals surface area contributed by atoms with Gasteiger partial charge in [0.05, 0.1) is 11.7 Å². The summed E-state index contributed by atoms with van der Waals surface area (Å²) in [5.41, 5.74) is 7.03. The normalized spacial score (nSPS) is 12.6. The number of carbonyl (C=O) groups is 1. The number of carbonyl (C=O) groups excluding carboxylic acids is 1. The molecule has 0 aliphatic rings. The summed E-state index contributed by atoms with van der Waals surface area (Å²) in [6, 6.07) is 5.37. The molecule has 0 bridgehead atoms. The number of fused-ring (bicyclic) bond motifs is 1. The number of H-pyrrole nitrogens is 1. The third kappa shape index (κ3) is 2.20. The van der Waals surface area contributed by atoms with Crippen LogP contribution in [-0.2, 0) is 0 Å². The summed E-state index contributed by atoms with van der Waals surface area (Å²) in [5.74, 6) is -0.117. The summed E-state index contributed by atoms with van der Waals surface area (Å²) < 4.78 is 0. The minimum absolute atomic E-state index is 0.0418. The van der Waals surface area contributed by atoms with Gasteiger partial charge in [-0.05, 0) is 19.1 Å². The average molecular weight is 218 g/mol. The van der Waals surface area contributed by atoms with Crippen molar-refractivity contribution in [1.82, 2.24) is 15.5 Å². The van der Waals surface area contributed by atoms with Gasteiger partial charge >= 0.3 is 0 Å². The molecule has 5 heteroatoms. The van der Waals surface area contributed by atoms with Gasteiger partial charge in [-0.1, -0.05) is 6.07 Å². The highest BCUT2D eigenvalue weighted by Gasteiger charge is 2.07. The monoisotopic (exact) mass is 218 g/mol. The highest BCUT2D eigenvalue weighted by Crippen LogP contribution is 2.12.